The fourth-order valence-electron chi connectivity index (χ4n) is 2.15. The van der Waals surface area contributed by atoms with Gasteiger partial charge < -0.3 is 4.90 Å². The van der Waals surface area contributed by atoms with Gasteiger partial charge in [-0.3, -0.25) is 8.98 Å². The molecule has 1 heterocycles. The van der Waals surface area contributed by atoms with E-state index in [2.05, 4.69) is 0 Å². The van der Waals surface area contributed by atoms with E-state index in [0.29, 0.717) is 13.1 Å². The molecule has 0 spiro atoms. The number of halogens is 1. The molecule has 7 heteroatoms. The van der Waals surface area contributed by atoms with Crippen LogP contribution < -0.4 is 0 Å². The van der Waals surface area contributed by atoms with E-state index < -0.39 is 10.1 Å². The van der Waals surface area contributed by atoms with Gasteiger partial charge in [0.2, 0.25) is 5.91 Å². The van der Waals surface area contributed by atoms with Gasteiger partial charge in [0, 0.05) is 25.4 Å². The third kappa shape index (κ3) is 4.28. The summed E-state index contributed by atoms with van der Waals surface area (Å²) in [6.45, 7) is 0.866. The summed E-state index contributed by atoms with van der Waals surface area (Å²) in [5.41, 5.74) is 0.837. The zero-order valence-electron chi connectivity index (χ0n) is 11.1. The molecule has 1 saturated heterocycles. The average Bonchev–Trinajstić information content (AvgIpc) is 2.70. The molecule has 0 bridgehead atoms. The van der Waals surface area contributed by atoms with E-state index in [1.807, 2.05) is 0 Å². The lowest BCUT2D eigenvalue weighted by molar-refractivity contribution is -0.128. The Bertz CT molecular complexity index is 585. The van der Waals surface area contributed by atoms with Crippen LogP contribution in [-0.2, 0) is 25.6 Å². The van der Waals surface area contributed by atoms with E-state index in [1.165, 1.54) is 12.1 Å². The van der Waals surface area contributed by atoms with Gasteiger partial charge in [0.1, 0.15) is 5.82 Å². The standard InChI is InChI=1S/C13H16FNO4S/c1-20(17,18)19-9-11-6-13(16)15(8-11)7-10-2-4-12(14)5-3-10/h2-5,11H,6-9H2,1H3. The summed E-state index contributed by atoms with van der Waals surface area (Å²) in [6.07, 6.45) is 1.26. The van der Waals surface area contributed by atoms with Crippen LogP contribution in [0.2, 0.25) is 0 Å². The summed E-state index contributed by atoms with van der Waals surface area (Å²) in [5, 5.41) is 0. The van der Waals surface area contributed by atoms with Gasteiger partial charge in [-0.15, -0.1) is 0 Å². The first kappa shape index (κ1) is 14.9. The Morgan fingerprint density at radius 1 is 1.35 bits per heavy atom. The van der Waals surface area contributed by atoms with Crippen LogP contribution in [0, 0.1) is 11.7 Å². The summed E-state index contributed by atoms with van der Waals surface area (Å²) in [5.74, 6) is -0.491. The SMILES string of the molecule is CS(=O)(=O)OCC1CC(=O)N(Cc2ccc(F)cc2)C1. The minimum absolute atomic E-state index is 0.0183. The first-order valence-electron chi connectivity index (χ1n) is 6.20. The van der Waals surface area contributed by atoms with Crippen molar-refractivity contribution in [2.24, 2.45) is 5.92 Å². The van der Waals surface area contributed by atoms with Crippen LogP contribution in [0.3, 0.4) is 0 Å². The van der Waals surface area contributed by atoms with Gasteiger partial charge >= 0.3 is 0 Å². The first-order valence-corrected chi connectivity index (χ1v) is 8.02. The van der Waals surface area contributed by atoms with E-state index >= 15 is 0 Å². The monoisotopic (exact) mass is 301 g/mol. The van der Waals surface area contributed by atoms with Gasteiger partial charge in [-0.25, -0.2) is 4.39 Å². The van der Waals surface area contributed by atoms with E-state index in [-0.39, 0.29) is 30.7 Å². The largest absolute Gasteiger partial charge is 0.338 e. The number of nitrogens with zero attached hydrogens (tertiary/aromatic N) is 1. The highest BCUT2D eigenvalue weighted by Gasteiger charge is 2.30. The van der Waals surface area contributed by atoms with E-state index in [9.17, 15) is 17.6 Å². The van der Waals surface area contributed by atoms with Gasteiger partial charge in [-0.2, -0.15) is 8.42 Å². The topological polar surface area (TPSA) is 63.7 Å². The lowest BCUT2D eigenvalue weighted by Gasteiger charge is -2.16. The lowest BCUT2D eigenvalue weighted by atomic mass is 10.1. The Hall–Kier alpha value is -1.47. The Morgan fingerprint density at radius 2 is 2.00 bits per heavy atom. The van der Waals surface area contributed by atoms with Crippen LogP contribution in [0.1, 0.15) is 12.0 Å². The van der Waals surface area contributed by atoms with Crippen molar-refractivity contribution in [2.45, 2.75) is 13.0 Å². The molecular weight excluding hydrogens is 285 g/mol. The highest BCUT2D eigenvalue weighted by Crippen LogP contribution is 2.21. The highest BCUT2D eigenvalue weighted by atomic mass is 32.2. The zero-order chi connectivity index (χ0) is 14.8. The molecule has 0 N–H and O–H groups in total. The highest BCUT2D eigenvalue weighted by molar-refractivity contribution is 7.85. The number of hydrogen-bond acceptors (Lipinski definition) is 4. The Balaban J connectivity index is 1.91. The van der Waals surface area contributed by atoms with Crippen LogP contribution in [0.25, 0.3) is 0 Å². The van der Waals surface area contributed by atoms with Gasteiger partial charge in [0.15, 0.2) is 0 Å². The van der Waals surface area contributed by atoms with Crippen molar-refractivity contribution < 1.29 is 21.8 Å². The van der Waals surface area contributed by atoms with Gasteiger partial charge in [-0.05, 0) is 17.7 Å². The second kappa shape index (κ2) is 5.88. The molecular formula is C13H16FNO4S. The minimum atomic E-state index is -3.48. The first-order chi connectivity index (χ1) is 9.33. The number of likely N-dealkylation sites (tertiary alicyclic amines) is 1. The number of benzene rings is 1. The molecule has 0 radical (unpaired) electrons. The number of carbonyl (C=O) groups excluding carboxylic acids is 1. The van der Waals surface area contributed by atoms with Crippen molar-refractivity contribution in [3.63, 3.8) is 0 Å². The fourth-order valence-corrected chi connectivity index (χ4v) is 2.59. The molecule has 1 aliphatic rings. The molecule has 1 aromatic rings. The molecule has 110 valence electrons. The summed E-state index contributed by atoms with van der Waals surface area (Å²) >= 11 is 0. The average molecular weight is 301 g/mol. The van der Waals surface area contributed by atoms with Gasteiger partial charge in [0.05, 0.1) is 12.9 Å². The lowest BCUT2D eigenvalue weighted by Crippen LogP contribution is -2.25. The van der Waals surface area contributed by atoms with Crippen LogP contribution in [0.5, 0.6) is 0 Å². The third-order valence-electron chi connectivity index (χ3n) is 3.10. The molecule has 1 aliphatic heterocycles. The predicted molar refractivity (Wildman–Crippen MR) is 70.7 cm³/mol. The smallest absolute Gasteiger partial charge is 0.264 e. The fraction of sp³-hybridized carbons (Fsp3) is 0.462. The number of hydrogen-bond donors (Lipinski definition) is 0. The number of carbonyl (C=O) groups is 1. The van der Waals surface area contributed by atoms with Crippen molar-refractivity contribution in [3.8, 4) is 0 Å². The molecule has 1 fully saturated rings. The van der Waals surface area contributed by atoms with Crippen LogP contribution >= 0.6 is 0 Å². The maximum Gasteiger partial charge on any atom is 0.264 e. The Morgan fingerprint density at radius 3 is 2.60 bits per heavy atom. The van der Waals surface area contributed by atoms with E-state index in [1.54, 1.807) is 17.0 Å². The van der Waals surface area contributed by atoms with Gasteiger partial charge in [-0.1, -0.05) is 12.1 Å². The number of rotatable bonds is 5. The summed E-state index contributed by atoms with van der Waals surface area (Å²) < 4.78 is 39.4. The minimum Gasteiger partial charge on any atom is -0.338 e. The summed E-state index contributed by atoms with van der Waals surface area (Å²) in [7, 11) is -3.48. The molecule has 1 unspecified atom stereocenters. The zero-order valence-corrected chi connectivity index (χ0v) is 11.9. The molecule has 0 aliphatic carbocycles. The quantitative estimate of drug-likeness (QED) is 0.765. The van der Waals surface area contributed by atoms with Crippen molar-refractivity contribution in [1.82, 2.24) is 4.90 Å². The maximum absolute atomic E-state index is 12.8. The molecule has 1 atom stereocenters. The Labute approximate surface area is 117 Å². The molecule has 5 nitrogen and oxygen atoms in total. The normalized spacial score (nSPS) is 19.6. The summed E-state index contributed by atoms with van der Waals surface area (Å²) in [6, 6.07) is 5.95. The Kier molecular flexibility index (Phi) is 4.39. The maximum atomic E-state index is 12.8. The van der Waals surface area contributed by atoms with Crippen LogP contribution in [-0.4, -0.2) is 38.6 Å². The van der Waals surface area contributed by atoms with Gasteiger partial charge in [0.25, 0.3) is 10.1 Å². The molecule has 20 heavy (non-hydrogen) atoms. The summed E-state index contributed by atoms with van der Waals surface area (Å²) in [4.78, 5) is 13.5. The molecule has 1 amide bonds. The predicted octanol–water partition coefficient (Wildman–Crippen LogP) is 1.15. The van der Waals surface area contributed by atoms with Crippen molar-refractivity contribution >= 4 is 16.0 Å². The van der Waals surface area contributed by atoms with Crippen molar-refractivity contribution in [1.29, 1.82) is 0 Å². The van der Waals surface area contributed by atoms with Crippen molar-refractivity contribution in [3.05, 3.63) is 35.6 Å². The second-order valence-corrected chi connectivity index (χ2v) is 6.60. The van der Waals surface area contributed by atoms with Crippen LogP contribution in [0.15, 0.2) is 24.3 Å². The number of amides is 1. The van der Waals surface area contributed by atoms with E-state index in [0.717, 1.165) is 11.8 Å². The van der Waals surface area contributed by atoms with E-state index in [4.69, 9.17) is 4.18 Å². The second-order valence-electron chi connectivity index (χ2n) is 4.96. The van der Waals surface area contributed by atoms with Crippen LogP contribution in [0.4, 0.5) is 4.39 Å². The molecule has 2 rings (SSSR count). The van der Waals surface area contributed by atoms with Crippen molar-refractivity contribution in [2.75, 3.05) is 19.4 Å². The molecule has 0 aromatic heterocycles. The molecule has 0 saturated carbocycles. The third-order valence-corrected chi connectivity index (χ3v) is 3.66. The molecule has 1 aromatic carbocycles.